The molecular formula is C19H14N2O4S2. The molecule has 1 N–H and O–H groups in total. The number of aromatic nitrogens is 1. The SMILES string of the molecule is O=S(=O)(Nc1ccccc1Oc1ccccc1)c1ccc(-c2ccon2)s1. The van der Waals surface area contributed by atoms with Crippen LogP contribution < -0.4 is 9.46 Å². The summed E-state index contributed by atoms with van der Waals surface area (Å²) in [5.41, 5.74) is 0.951. The smallest absolute Gasteiger partial charge is 0.271 e. The van der Waals surface area contributed by atoms with Crippen molar-refractivity contribution in [1.29, 1.82) is 0 Å². The van der Waals surface area contributed by atoms with Crippen molar-refractivity contribution in [2.75, 3.05) is 4.72 Å². The molecule has 2 aromatic heterocycles. The van der Waals surface area contributed by atoms with Gasteiger partial charge in [0.1, 0.15) is 21.9 Å². The largest absolute Gasteiger partial charge is 0.455 e. The minimum Gasteiger partial charge on any atom is -0.455 e. The third-order valence-corrected chi connectivity index (χ3v) is 6.60. The molecule has 27 heavy (non-hydrogen) atoms. The molecule has 4 aromatic rings. The van der Waals surface area contributed by atoms with Gasteiger partial charge in [-0.2, -0.15) is 0 Å². The lowest BCUT2D eigenvalue weighted by atomic mass is 10.3. The highest BCUT2D eigenvalue weighted by molar-refractivity contribution is 7.94. The maximum Gasteiger partial charge on any atom is 0.271 e. The minimum absolute atomic E-state index is 0.176. The first-order valence-electron chi connectivity index (χ1n) is 7.97. The van der Waals surface area contributed by atoms with Gasteiger partial charge in [-0.15, -0.1) is 11.3 Å². The fraction of sp³-hybridized carbons (Fsp3) is 0. The number of ether oxygens (including phenoxy) is 1. The maximum absolute atomic E-state index is 12.8. The molecule has 6 nitrogen and oxygen atoms in total. The fourth-order valence-corrected chi connectivity index (χ4v) is 4.73. The van der Waals surface area contributed by atoms with E-state index in [2.05, 4.69) is 9.88 Å². The normalized spacial score (nSPS) is 11.3. The molecule has 2 aromatic carbocycles. The molecule has 0 bridgehead atoms. The monoisotopic (exact) mass is 398 g/mol. The Kier molecular flexibility index (Phi) is 4.66. The zero-order chi connectivity index (χ0) is 18.7. The fourth-order valence-electron chi connectivity index (χ4n) is 2.39. The Labute approximate surface area is 160 Å². The predicted molar refractivity (Wildman–Crippen MR) is 104 cm³/mol. The van der Waals surface area contributed by atoms with Gasteiger partial charge in [0.05, 0.1) is 10.6 Å². The molecule has 0 aliphatic heterocycles. The van der Waals surface area contributed by atoms with E-state index in [9.17, 15) is 8.42 Å². The van der Waals surface area contributed by atoms with Gasteiger partial charge < -0.3 is 9.26 Å². The highest BCUT2D eigenvalue weighted by Gasteiger charge is 2.20. The number of nitrogens with one attached hydrogen (secondary N) is 1. The maximum atomic E-state index is 12.8. The van der Waals surface area contributed by atoms with Crippen LogP contribution in [-0.4, -0.2) is 13.6 Å². The van der Waals surface area contributed by atoms with Crippen LogP contribution in [-0.2, 0) is 10.0 Å². The number of hydrogen-bond donors (Lipinski definition) is 1. The molecule has 0 amide bonds. The summed E-state index contributed by atoms with van der Waals surface area (Å²) in [6.45, 7) is 0. The first-order chi connectivity index (χ1) is 13.1. The molecule has 4 rings (SSSR count). The molecule has 8 heteroatoms. The Bertz CT molecular complexity index is 1140. The molecule has 0 saturated carbocycles. The first kappa shape index (κ1) is 17.3. The highest BCUT2D eigenvalue weighted by atomic mass is 32.2. The number of para-hydroxylation sites is 3. The second kappa shape index (κ2) is 7.26. The lowest BCUT2D eigenvalue weighted by Gasteiger charge is -2.12. The molecule has 0 aliphatic rings. The average Bonchev–Trinajstić information content (AvgIpc) is 3.36. The van der Waals surface area contributed by atoms with E-state index in [0.717, 1.165) is 11.3 Å². The average molecular weight is 398 g/mol. The molecule has 0 fully saturated rings. The van der Waals surface area contributed by atoms with Gasteiger partial charge in [0, 0.05) is 6.07 Å². The van der Waals surface area contributed by atoms with E-state index in [1.807, 2.05) is 18.2 Å². The van der Waals surface area contributed by atoms with Gasteiger partial charge in [-0.3, -0.25) is 4.72 Å². The van der Waals surface area contributed by atoms with E-state index in [1.165, 1.54) is 12.3 Å². The third-order valence-electron chi connectivity index (χ3n) is 3.64. The number of nitrogens with zero attached hydrogens (tertiary/aromatic N) is 1. The van der Waals surface area contributed by atoms with E-state index in [4.69, 9.17) is 9.26 Å². The number of thiophene rings is 1. The number of hydrogen-bond acceptors (Lipinski definition) is 6. The van der Waals surface area contributed by atoms with Crippen molar-refractivity contribution < 1.29 is 17.7 Å². The summed E-state index contributed by atoms with van der Waals surface area (Å²) in [6, 6.07) is 21.0. The topological polar surface area (TPSA) is 81.4 Å². The zero-order valence-electron chi connectivity index (χ0n) is 13.9. The second-order valence-corrected chi connectivity index (χ2v) is 8.51. The molecule has 2 heterocycles. The summed E-state index contributed by atoms with van der Waals surface area (Å²) in [6.07, 6.45) is 1.44. The van der Waals surface area contributed by atoms with Crippen LogP contribution in [0.1, 0.15) is 0 Å². The molecule has 0 unspecified atom stereocenters. The van der Waals surface area contributed by atoms with E-state index >= 15 is 0 Å². The van der Waals surface area contributed by atoms with Crippen LogP contribution in [0.2, 0.25) is 0 Å². The Balaban J connectivity index is 1.60. The number of benzene rings is 2. The lowest BCUT2D eigenvalue weighted by Crippen LogP contribution is -2.12. The van der Waals surface area contributed by atoms with E-state index < -0.39 is 10.0 Å². The molecule has 0 spiro atoms. The molecule has 0 radical (unpaired) electrons. The van der Waals surface area contributed by atoms with E-state index in [0.29, 0.717) is 27.8 Å². The Morgan fingerprint density at radius 3 is 2.48 bits per heavy atom. The van der Waals surface area contributed by atoms with Crippen molar-refractivity contribution in [3.8, 4) is 22.1 Å². The van der Waals surface area contributed by atoms with Crippen LogP contribution in [0.3, 0.4) is 0 Å². The molecule has 136 valence electrons. The van der Waals surface area contributed by atoms with Crippen molar-refractivity contribution in [3.05, 3.63) is 79.1 Å². The summed E-state index contributed by atoms with van der Waals surface area (Å²) in [5, 5.41) is 3.83. The summed E-state index contributed by atoms with van der Waals surface area (Å²) < 4.78 is 39.0. The molecule has 0 atom stereocenters. The van der Waals surface area contributed by atoms with Crippen LogP contribution in [0.4, 0.5) is 5.69 Å². The molecular weight excluding hydrogens is 384 g/mol. The van der Waals surface area contributed by atoms with Gasteiger partial charge in [0.15, 0.2) is 5.75 Å². The molecule has 0 aliphatic carbocycles. The standard InChI is InChI=1S/C19H14N2O4S2/c22-27(23,19-11-10-18(26-19)16-12-13-24-20-16)21-15-8-4-5-9-17(15)25-14-6-2-1-3-7-14/h1-13,21H. The van der Waals surface area contributed by atoms with Crippen molar-refractivity contribution in [3.63, 3.8) is 0 Å². The van der Waals surface area contributed by atoms with Gasteiger partial charge in [0.25, 0.3) is 10.0 Å². The number of anilines is 1. The summed E-state index contributed by atoms with van der Waals surface area (Å²) in [7, 11) is -3.77. The Morgan fingerprint density at radius 2 is 1.70 bits per heavy atom. The Hall–Kier alpha value is -3.10. The Morgan fingerprint density at radius 1 is 0.926 bits per heavy atom. The summed E-state index contributed by atoms with van der Waals surface area (Å²) in [5.74, 6) is 1.04. The van der Waals surface area contributed by atoms with Crippen molar-refractivity contribution in [2.45, 2.75) is 4.21 Å². The zero-order valence-corrected chi connectivity index (χ0v) is 15.5. The van der Waals surface area contributed by atoms with Gasteiger partial charge in [0.2, 0.25) is 0 Å². The van der Waals surface area contributed by atoms with Crippen LogP contribution in [0.5, 0.6) is 11.5 Å². The van der Waals surface area contributed by atoms with E-state index in [1.54, 1.807) is 48.5 Å². The van der Waals surface area contributed by atoms with Crippen molar-refractivity contribution >= 4 is 27.0 Å². The van der Waals surface area contributed by atoms with Crippen LogP contribution in [0.15, 0.2) is 87.8 Å². The van der Waals surface area contributed by atoms with Gasteiger partial charge in [-0.25, -0.2) is 8.42 Å². The van der Waals surface area contributed by atoms with Crippen LogP contribution >= 0.6 is 11.3 Å². The predicted octanol–water partition coefficient (Wildman–Crippen LogP) is 5.00. The van der Waals surface area contributed by atoms with E-state index in [-0.39, 0.29) is 4.21 Å². The van der Waals surface area contributed by atoms with Crippen molar-refractivity contribution in [2.24, 2.45) is 0 Å². The number of rotatable bonds is 6. The molecule has 0 saturated heterocycles. The number of sulfonamides is 1. The quantitative estimate of drug-likeness (QED) is 0.494. The van der Waals surface area contributed by atoms with Crippen LogP contribution in [0, 0.1) is 0 Å². The van der Waals surface area contributed by atoms with Crippen LogP contribution in [0.25, 0.3) is 10.6 Å². The van der Waals surface area contributed by atoms with Gasteiger partial charge >= 0.3 is 0 Å². The summed E-state index contributed by atoms with van der Waals surface area (Å²) >= 11 is 1.11. The lowest BCUT2D eigenvalue weighted by molar-refractivity contribution is 0.422. The second-order valence-electron chi connectivity index (χ2n) is 5.52. The first-order valence-corrected chi connectivity index (χ1v) is 10.3. The minimum atomic E-state index is -3.77. The van der Waals surface area contributed by atoms with Gasteiger partial charge in [-0.1, -0.05) is 35.5 Å². The third kappa shape index (κ3) is 3.86. The highest BCUT2D eigenvalue weighted by Crippen LogP contribution is 2.34. The van der Waals surface area contributed by atoms with Crippen molar-refractivity contribution in [1.82, 2.24) is 5.16 Å². The van der Waals surface area contributed by atoms with Gasteiger partial charge in [-0.05, 0) is 36.4 Å². The summed E-state index contributed by atoms with van der Waals surface area (Å²) in [4.78, 5) is 0.706.